The van der Waals surface area contributed by atoms with E-state index in [2.05, 4.69) is 0 Å². The van der Waals surface area contributed by atoms with Gasteiger partial charge >= 0.3 is 18.1 Å². The van der Waals surface area contributed by atoms with Gasteiger partial charge in [-0.2, -0.15) is 0 Å². The first-order valence-electron chi connectivity index (χ1n) is 5.08. The van der Waals surface area contributed by atoms with Crippen LogP contribution < -0.4 is 0 Å². The van der Waals surface area contributed by atoms with Crippen LogP contribution in [-0.2, 0) is 9.47 Å². The van der Waals surface area contributed by atoms with Gasteiger partial charge in [0.25, 0.3) is 0 Å². The van der Waals surface area contributed by atoms with Crippen molar-refractivity contribution in [1.82, 2.24) is 0 Å². The fourth-order valence-electron chi connectivity index (χ4n) is 0.451. The fraction of sp³-hybridized carbons (Fsp3) is 1.00. The Balaban J connectivity index is -0.000000244. The normalized spacial score (nSPS) is 11.1. The van der Waals surface area contributed by atoms with Crippen molar-refractivity contribution in [3.8, 4) is 0 Å². The molecule has 0 rings (SSSR count). The third kappa shape index (κ3) is 107. The molecule has 0 aliphatic carbocycles. The van der Waals surface area contributed by atoms with Gasteiger partial charge in [0.05, 0.1) is 39.6 Å². The zero-order valence-electron chi connectivity index (χ0n) is 10.5. The van der Waals surface area contributed by atoms with Gasteiger partial charge < -0.3 is 58.1 Å². The van der Waals surface area contributed by atoms with E-state index in [0.717, 1.165) is 0 Å². The van der Waals surface area contributed by atoms with Crippen molar-refractivity contribution in [3.63, 3.8) is 0 Å². The van der Waals surface area contributed by atoms with Crippen molar-refractivity contribution in [2.24, 2.45) is 0 Å². The third-order valence-corrected chi connectivity index (χ3v) is 0.843. The Labute approximate surface area is 116 Å². The number of rotatable bonds is 7. The summed E-state index contributed by atoms with van der Waals surface area (Å²) >= 11 is 0. The number of hydrogen-bond donors (Lipinski definition) is 10. The summed E-state index contributed by atoms with van der Waals surface area (Å²) in [5, 5.41) is 16.5. The average molecular weight is 342 g/mol. The Hall–Kier alpha value is -0.0462. The van der Waals surface area contributed by atoms with Crippen molar-refractivity contribution < 1.29 is 58.1 Å². The average Bonchev–Trinajstić information content (AvgIpc) is 2.18. The molecule has 0 amide bonds. The van der Waals surface area contributed by atoms with E-state index in [1.807, 2.05) is 0 Å². The van der Waals surface area contributed by atoms with Crippen molar-refractivity contribution in [3.05, 3.63) is 0 Å². The van der Waals surface area contributed by atoms with Crippen LogP contribution in [0.5, 0.6) is 0 Å². The molecule has 0 aromatic rings. The van der Waals surface area contributed by atoms with E-state index in [1.165, 1.54) is 0 Å². The van der Waals surface area contributed by atoms with Crippen LogP contribution in [0.3, 0.4) is 0 Å². The predicted molar refractivity (Wildman–Crippen MR) is 65.1 cm³/mol. The zero-order valence-corrected chi connectivity index (χ0v) is 12.5. The Bertz CT molecular complexity index is 148. The van der Waals surface area contributed by atoms with Crippen LogP contribution >= 0.6 is 0 Å². The maximum atomic E-state index is 8.26. The molecule has 20 heavy (non-hydrogen) atoms. The molecule has 0 aromatic heterocycles. The van der Waals surface area contributed by atoms with Crippen LogP contribution in [0.2, 0.25) is 0 Å². The molecule has 0 aliphatic heterocycles. The summed E-state index contributed by atoms with van der Waals surface area (Å²) in [6.45, 7) is 1.73. The maximum Gasteiger partial charge on any atom is 0.668 e. The third-order valence-electron chi connectivity index (χ3n) is 0.843. The topological polar surface area (TPSA) is 221 Å². The molecule has 0 bridgehead atoms. The monoisotopic (exact) mass is 342 g/mol. The van der Waals surface area contributed by atoms with E-state index < -0.39 is 18.1 Å². The van der Waals surface area contributed by atoms with Crippen LogP contribution in [0.25, 0.3) is 0 Å². The van der Waals surface area contributed by atoms with E-state index in [0.29, 0.717) is 26.4 Å². The van der Waals surface area contributed by atoms with Gasteiger partial charge in [0.15, 0.2) is 0 Å². The van der Waals surface area contributed by atoms with Gasteiger partial charge in [-0.3, -0.25) is 0 Å². The zero-order chi connectivity index (χ0) is 16.7. The molecule has 10 N–H and O–H groups in total. The first-order chi connectivity index (χ1) is 8.91. The summed E-state index contributed by atoms with van der Waals surface area (Å²) in [5.74, 6) is 0. The minimum Gasteiger partial charge on any atom is -0.394 e. The highest BCUT2D eigenvalue weighted by molar-refractivity contribution is 6.47. The summed E-state index contributed by atoms with van der Waals surface area (Å²) in [7, 11) is -9.22. The molecule has 0 heterocycles. The molecule has 126 valence electrons. The van der Waals surface area contributed by atoms with Crippen molar-refractivity contribution >= 4 is 18.1 Å². The fourth-order valence-corrected chi connectivity index (χ4v) is 0.451. The molecule has 0 atom stereocenters. The lowest BCUT2D eigenvalue weighted by Gasteiger charge is -2.01. The highest BCUT2D eigenvalue weighted by Crippen LogP contribution is 1.76. The molecule has 0 aliphatic rings. The number of aliphatic hydroxyl groups is 2. The minimum atomic E-state index is -4.61. The van der Waals surface area contributed by atoms with Gasteiger partial charge in [-0.15, -0.1) is 0 Å². The Morgan fingerprint density at radius 1 is 0.500 bits per heavy atom. The van der Waals surface area contributed by atoms with E-state index in [-0.39, 0.29) is 13.2 Å². The molecular weight excluding hydrogens is 320 g/mol. The molecule has 12 nitrogen and oxygen atoms in total. The molecule has 0 unspecified atom stereocenters. The van der Waals surface area contributed by atoms with Crippen LogP contribution in [-0.4, -0.2) is 106 Å². The van der Waals surface area contributed by atoms with Gasteiger partial charge in [-0.25, -0.2) is 0 Å². The molecule has 0 saturated heterocycles. The molecule has 0 aromatic carbocycles. The molecule has 0 fully saturated rings. The van der Waals surface area contributed by atoms with Crippen LogP contribution in [0.4, 0.5) is 0 Å². The Morgan fingerprint density at radius 2 is 0.700 bits per heavy atom. The lowest BCUT2D eigenvalue weighted by Crippen LogP contribution is -2.33. The van der Waals surface area contributed by atoms with E-state index in [4.69, 9.17) is 58.1 Å². The highest BCUT2D eigenvalue weighted by atomic mass is 28.4. The second-order valence-electron chi connectivity index (χ2n) is 2.87. The summed E-state index contributed by atoms with van der Waals surface area (Å²) in [4.78, 5) is 58.6. The van der Waals surface area contributed by atoms with Gasteiger partial charge in [0.2, 0.25) is 0 Å². The lowest BCUT2D eigenvalue weighted by atomic mass is 10.7. The second kappa shape index (κ2) is 15.3. The number of aliphatic hydroxyl groups excluding tert-OH is 2. The first kappa shape index (κ1) is 24.9. The van der Waals surface area contributed by atoms with Crippen LogP contribution in [0.15, 0.2) is 0 Å². The summed E-state index contributed by atoms with van der Waals surface area (Å²) in [5.41, 5.74) is 0. The Kier molecular flexibility index (Phi) is 19.1. The van der Waals surface area contributed by atoms with Gasteiger partial charge in [0, 0.05) is 0 Å². The van der Waals surface area contributed by atoms with Crippen molar-refractivity contribution in [2.75, 3.05) is 39.6 Å². The van der Waals surface area contributed by atoms with E-state index in [1.54, 1.807) is 0 Å². The molecule has 0 radical (unpaired) electrons. The number of hydrogen-bond acceptors (Lipinski definition) is 12. The first-order valence-corrected chi connectivity index (χ1v) is 8.65. The molecule has 14 heteroatoms. The summed E-state index contributed by atoms with van der Waals surface area (Å²) in [6.07, 6.45) is 0. The summed E-state index contributed by atoms with van der Waals surface area (Å²) < 4.78 is 9.75. The minimum absolute atomic E-state index is 0.0417. The maximum absolute atomic E-state index is 8.26. The van der Waals surface area contributed by atoms with Crippen LogP contribution in [0, 0.1) is 0 Å². The molecule has 0 spiro atoms. The quantitative estimate of drug-likeness (QED) is 0.154. The van der Waals surface area contributed by atoms with Crippen LogP contribution in [0.1, 0.15) is 0 Å². The van der Waals surface area contributed by atoms with Crippen molar-refractivity contribution in [1.29, 1.82) is 0 Å². The summed E-state index contributed by atoms with van der Waals surface area (Å²) in [6, 6.07) is 0. The predicted octanol–water partition coefficient (Wildman–Crippen LogP) is -6.21. The van der Waals surface area contributed by atoms with Crippen molar-refractivity contribution in [2.45, 2.75) is 0 Å². The molecular formula is C6H22O12Si2. The Morgan fingerprint density at radius 3 is 0.850 bits per heavy atom. The number of ether oxygens (including phenoxy) is 2. The lowest BCUT2D eigenvalue weighted by molar-refractivity contribution is 0.0222. The van der Waals surface area contributed by atoms with Gasteiger partial charge in [-0.05, 0) is 0 Å². The largest absolute Gasteiger partial charge is 0.668 e. The van der Waals surface area contributed by atoms with Gasteiger partial charge in [0.1, 0.15) is 0 Å². The van der Waals surface area contributed by atoms with Gasteiger partial charge in [-0.1, -0.05) is 0 Å². The van der Waals surface area contributed by atoms with E-state index in [9.17, 15) is 0 Å². The molecule has 0 saturated carbocycles. The SMILES string of the molecule is OCCOCCOCCO.O[Si](O)(O)O.O[Si](O)(O)O. The standard InChI is InChI=1S/C6H14O4.2H4O4Si/c7-1-3-9-5-6-10-4-2-8;2*1-5(2,3)4/h7-8H,1-6H2;2*1-4H. The van der Waals surface area contributed by atoms with E-state index >= 15 is 0 Å². The smallest absolute Gasteiger partial charge is 0.394 e. The second-order valence-corrected chi connectivity index (χ2v) is 5.27. The highest BCUT2D eigenvalue weighted by Gasteiger charge is 2.22.